The van der Waals surface area contributed by atoms with E-state index in [0.717, 1.165) is 43.9 Å². The smallest absolute Gasteiger partial charge is 0.406 e. The third kappa shape index (κ3) is 5.39. The molecule has 3 heterocycles. The fourth-order valence-electron chi connectivity index (χ4n) is 3.88. The maximum atomic E-state index is 12.4. The van der Waals surface area contributed by atoms with E-state index in [2.05, 4.69) is 29.9 Å². The Morgan fingerprint density at radius 3 is 2.62 bits per heavy atom. The molecule has 0 saturated heterocycles. The van der Waals surface area contributed by atoms with E-state index >= 15 is 0 Å². The number of fused-ring (bicyclic) bond motifs is 3. The summed E-state index contributed by atoms with van der Waals surface area (Å²) in [5.74, 6) is -0.274. The number of nitrogens with one attached hydrogen (secondary N) is 2. The van der Waals surface area contributed by atoms with Crippen LogP contribution in [0.15, 0.2) is 66.0 Å². The SMILES string of the molecule is Cc1nsc(C)c1NC(=S)N/N=C/c1ccc2c(ccn3c(-c4ccc(OC(F)(F)F)cc4)cnc23)c1. The third-order valence-electron chi connectivity index (χ3n) is 5.55. The van der Waals surface area contributed by atoms with Gasteiger partial charge in [-0.1, -0.05) is 6.07 Å². The zero-order valence-corrected chi connectivity index (χ0v) is 21.1. The number of hydrogen-bond donors (Lipinski definition) is 2. The van der Waals surface area contributed by atoms with Gasteiger partial charge in [0.2, 0.25) is 0 Å². The Kier molecular flexibility index (Phi) is 6.52. The average molecular weight is 541 g/mol. The minimum absolute atomic E-state index is 0.274. The van der Waals surface area contributed by atoms with Crippen LogP contribution in [0.2, 0.25) is 0 Å². The largest absolute Gasteiger partial charge is 0.573 e. The number of nitrogens with zero attached hydrogens (tertiary/aromatic N) is 4. The number of halogens is 3. The number of thiocarbonyl (C=S) groups is 1. The lowest BCUT2D eigenvalue weighted by Gasteiger charge is -2.09. The van der Waals surface area contributed by atoms with Crippen molar-refractivity contribution >= 4 is 57.2 Å². The predicted molar refractivity (Wildman–Crippen MR) is 143 cm³/mol. The molecule has 5 aromatic rings. The van der Waals surface area contributed by atoms with Crippen LogP contribution in [0.25, 0.3) is 27.7 Å². The first-order valence-electron chi connectivity index (χ1n) is 11.0. The highest BCUT2D eigenvalue weighted by Gasteiger charge is 2.31. The van der Waals surface area contributed by atoms with Gasteiger partial charge in [-0.15, -0.1) is 13.2 Å². The Hall–Kier alpha value is -4.03. The number of rotatable bonds is 5. The molecule has 7 nitrogen and oxygen atoms in total. The molecule has 2 aromatic carbocycles. The van der Waals surface area contributed by atoms with E-state index in [4.69, 9.17) is 12.2 Å². The zero-order valence-electron chi connectivity index (χ0n) is 19.5. The molecule has 37 heavy (non-hydrogen) atoms. The van der Waals surface area contributed by atoms with Gasteiger partial charge in [-0.3, -0.25) is 9.83 Å². The minimum Gasteiger partial charge on any atom is -0.406 e. The van der Waals surface area contributed by atoms with E-state index in [1.165, 1.54) is 23.7 Å². The molecule has 0 bridgehead atoms. The van der Waals surface area contributed by atoms with Crippen LogP contribution >= 0.6 is 23.8 Å². The van der Waals surface area contributed by atoms with Crippen molar-refractivity contribution in [1.29, 1.82) is 0 Å². The zero-order chi connectivity index (χ0) is 26.2. The summed E-state index contributed by atoms with van der Waals surface area (Å²) in [4.78, 5) is 5.59. The van der Waals surface area contributed by atoms with Gasteiger partial charge in [0.05, 0.1) is 29.5 Å². The second kappa shape index (κ2) is 9.79. The Bertz CT molecular complexity index is 1620. The number of benzene rings is 2. The number of hydrogen-bond acceptors (Lipinski definition) is 6. The summed E-state index contributed by atoms with van der Waals surface area (Å²) < 4.78 is 47.5. The lowest BCUT2D eigenvalue weighted by atomic mass is 10.1. The normalized spacial score (nSPS) is 11.9. The molecule has 0 aliphatic heterocycles. The van der Waals surface area contributed by atoms with E-state index < -0.39 is 6.36 Å². The molecular weight excluding hydrogens is 521 g/mol. The van der Waals surface area contributed by atoms with E-state index in [9.17, 15) is 13.2 Å². The quantitative estimate of drug-likeness (QED) is 0.152. The van der Waals surface area contributed by atoms with Crippen molar-refractivity contribution in [3.8, 4) is 17.0 Å². The highest BCUT2D eigenvalue weighted by Crippen LogP contribution is 2.29. The molecule has 0 fully saturated rings. The van der Waals surface area contributed by atoms with E-state index in [-0.39, 0.29) is 5.75 Å². The maximum absolute atomic E-state index is 12.4. The van der Waals surface area contributed by atoms with E-state index in [1.54, 1.807) is 24.5 Å². The van der Waals surface area contributed by atoms with Crippen molar-refractivity contribution in [3.63, 3.8) is 0 Å². The first-order valence-corrected chi connectivity index (χ1v) is 12.1. The summed E-state index contributed by atoms with van der Waals surface area (Å²) in [7, 11) is 0. The molecule has 0 radical (unpaired) electrons. The first kappa shape index (κ1) is 24.7. The van der Waals surface area contributed by atoms with Crippen LogP contribution in [-0.4, -0.2) is 31.4 Å². The third-order valence-corrected chi connectivity index (χ3v) is 6.59. The molecule has 12 heteroatoms. The summed E-state index contributed by atoms with van der Waals surface area (Å²) in [5, 5.41) is 9.58. The van der Waals surface area contributed by atoms with Crippen LogP contribution < -0.4 is 15.5 Å². The lowest BCUT2D eigenvalue weighted by Crippen LogP contribution is -2.24. The molecule has 188 valence electrons. The number of ether oxygens (including phenoxy) is 1. The highest BCUT2D eigenvalue weighted by atomic mass is 32.1. The van der Waals surface area contributed by atoms with Crippen molar-refractivity contribution in [1.82, 2.24) is 19.2 Å². The minimum atomic E-state index is -4.73. The molecule has 5 rings (SSSR count). The lowest BCUT2D eigenvalue weighted by molar-refractivity contribution is -0.274. The molecule has 0 aliphatic rings. The van der Waals surface area contributed by atoms with Gasteiger partial charge in [0.1, 0.15) is 11.4 Å². The van der Waals surface area contributed by atoms with Crippen LogP contribution in [0.5, 0.6) is 5.75 Å². The average Bonchev–Trinajstić information content (AvgIpc) is 3.42. The fraction of sp³-hybridized carbons (Fsp3) is 0.120. The Labute approximate surface area is 218 Å². The molecule has 0 atom stereocenters. The summed E-state index contributed by atoms with van der Waals surface area (Å²) in [6.07, 6.45) is 0.503. The molecule has 3 aromatic heterocycles. The first-order chi connectivity index (χ1) is 17.7. The van der Waals surface area contributed by atoms with Gasteiger partial charge in [-0.2, -0.15) is 9.47 Å². The van der Waals surface area contributed by atoms with Crippen molar-refractivity contribution in [3.05, 3.63) is 77.1 Å². The van der Waals surface area contributed by atoms with Gasteiger partial charge in [0.25, 0.3) is 0 Å². The van der Waals surface area contributed by atoms with Crippen LogP contribution in [0.1, 0.15) is 16.1 Å². The molecular formula is C25H19F3N6OS2. The Balaban J connectivity index is 1.33. The Morgan fingerprint density at radius 2 is 1.92 bits per heavy atom. The van der Waals surface area contributed by atoms with Crippen molar-refractivity contribution < 1.29 is 17.9 Å². The molecule has 0 aliphatic carbocycles. The monoisotopic (exact) mass is 540 g/mol. The number of imidazole rings is 1. The Morgan fingerprint density at radius 1 is 1.14 bits per heavy atom. The number of hydrazone groups is 1. The number of aryl methyl sites for hydroxylation is 2. The topological polar surface area (TPSA) is 75.8 Å². The van der Waals surface area contributed by atoms with E-state index in [0.29, 0.717) is 10.7 Å². The maximum Gasteiger partial charge on any atom is 0.573 e. The summed E-state index contributed by atoms with van der Waals surface area (Å²) >= 11 is 6.72. The van der Waals surface area contributed by atoms with Crippen molar-refractivity contribution in [2.24, 2.45) is 5.10 Å². The highest BCUT2D eigenvalue weighted by molar-refractivity contribution is 7.80. The van der Waals surface area contributed by atoms with Crippen LogP contribution in [0, 0.1) is 13.8 Å². The number of alkyl halides is 3. The molecule has 0 unspecified atom stereocenters. The fourth-order valence-corrected chi connectivity index (χ4v) is 4.69. The van der Waals surface area contributed by atoms with Crippen molar-refractivity contribution in [2.75, 3.05) is 5.32 Å². The molecule has 0 amide bonds. The van der Waals surface area contributed by atoms with E-state index in [1.807, 2.05) is 48.7 Å². The molecule has 0 saturated carbocycles. The molecule has 2 N–H and O–H groups in total. The van der Waals surface area contributed by atoms with Gasteiger partial charge >= 0.3 is 6.36 Å². The summed E-state index contributed by atoms with van der Waals surface area (Å²) in [6.45, 7) is 3.88. The molecule has 0 spiro atoms. The number of aromatic nitrogens is 3. The second-order valence-corrected chi connectivity index (χ2v) is 9.48. The second-order valence-electron chi connectivity index (χ2n) is 8.09. The van der Waals surface area contributed by atoms with Crippen LogP contribution in [-0.2, 0) is 0 Å². The summed E-state index contributed by atoms with van der Waals surface area (Å²) in [6, 6.07) is 13.5. The van der Waals surface area contributed by atoms with Crippen LogP contribution in [0.4, 0.5) is 18.9 Å². The van der Waals surface area contributed by atoms with Gasteiger partial charge < -0.3 is 10.1 Å². The van der Waals surface area contributed by atoms with Crippen molar-refractivity contribution in [2.45, 2.75) is 20.2 Å². The van der Waals surface area contributed by atoms with Crippen LogP contribution in [0.3, 0.4) is 0 Å². The predicted octanol–water partition coefficient (Wildman–Crippen LogP) is 6.45. The van der Waals surface area contributed by atoms with Gasteiger partial charge in [-0.25, -0.2) is 4.98 Å². The number of pyridine rings is 1. The summed E-state index contributed by atoms with van der Waals surface area (Å²) in [5.41, 5.74) is 7.64. The van der Waals surface area contributed by atoms with Gasteiger partial charge in [0.15, 0.2) is 5.11 Å². The standard InChI is InChI=1S/C25H19F3N6OS2/c1-14-22(15(2)37-33-14)31-24(36)32-30-12-16-3-8-20-18(11-16)9-10-34-21(13-29-23(20)34)17-4-6-19(7-5-17)35-25(26,27)28/h3-13H,1-2H3,(H2,31,32,36)/b30-12+. The number of anilines is 1. The van der Waals surface area contributed by atoms with Gasteiger partial charge in [0, 0.05) is 22.0 Å². The van der Waals surface area contributed by atoms with Gasteiger partial charge in [-0.05, 0) is 91.0 Å².